The smallest absolute Gasteiger partial charge is 0.151 e. The van der Waals surface area contributed by atoms with Crippen molar-refractivity contribution in [3.8, 4) is 0 Å². The molecule has 1 aromatic rings. The molecule has 1 aromatic heterocycles. The molecule has 0 fully saturated rings. The largest absolute Gasteiger partial charge is 0.383 e. The van der Waals surface area contributed by atoms with Crippen LogP contribution in [0.15, 0.2) is 10.6 Å². The molecule has 0 radical (unpaired) electrons. The molecule has 0 aliphatic carbocycles. The van der Waals surface area contributed by atoms with Crippen molar-refractivity contribution in [3.05, 3.63) is 17.5 Å². The molecule has 0 saturated heterocycles. The Kier molecular flexibility index (Phi) is 6.32. The number of nitrogens with zero attached hydrogens (tertiary/aromatic N) is 2. The van der Waals surface area contributed by atoms with Crippen LogP contribution in [-0.4, -0.2) is 42.9 Å². The highest BCUT2D eigenvalue weighted by Gasteiger charge is 2.12. The Morgan fingerprint density at radius 3 is 2.78 bits per heavy atom. The van der Waals surface area contributed by atoms with E-state index in [1.165, 1.54) is 0 Å². The second-order valence-electron chi connectivity index (χ2n) is 5.04. The summed E-state index contributed by atoms with van der Waals surface area (Å²) in [6.07, 6.45) is 0. The summed E-state index contributed by atoms with van der Waals surface area (Å²) in [4.78, 5) is 2.18. The van der Waals surface area contributed by atoms with Crippen LogP contribution in [0.1, 0.15) is 32.2 Å². The highest BCUT2D eigenvalue weighted by atomic mass is 16.5. The van der Waals surface area contributed by atoms with Gasteiger partial charge in [0.1, 0.15) is 0 Å². The molecule has 1 heterocycles. The third kappa shape index (κ3) is 5.16. The zero-order valence-electron chi connectivity index (χ0n) is 12.1. The fourth-order valence-electron chi connectivity index (χ4n) is 1.59. The van der Waals surface area contributed by atoms with Crippen molar-refractivity contribution in [3.63, 3.8) is 0 Å². The number of ether oxygens (including phenoxy) is 1. The minimum atomic E-state index is 0.359. The van der Waals surface area contributed by atoms with Gasteiger partial charge in [0, 0.05) is 31.8 Å². The van der Waals surface area contributed by atoms with Crippen LogP contribution in [0.4, 0.5) is 0 Å². The molecule has 0 aliphatic rings. The highest BCUT2D eigenvalue weighted by Crippen LogP contribution is 2.08. The van der Waals surface area contributed by atoms with E-state index >= 15 is 0 Å². The van der Waals surface area contributed by atoms with Gasteiger partial charge in [-0.3, -0.25) is 4.90 Å². The maximum atomic E-state index is 5.32. The lowest BCUT2D eigenvalue weighted by molar-refractivity contribution is 0.106. The summed E-state index contributed by atoms with van der Waals surface area (Å²) in [5.74, 6) is 0.890. The van der Waals surface area contributed by atoms with Gasteiger partial charge >= 0.3 is 0 Å². The van der Waals surface area contributed by atoms with E-state index in [2.05, 4.69) is 43.2 Å². The Hall–Kier alpha value is -0.910. The lowest BCUT2D eigenvalue weighted by Gasteiger charge is -2.22. The average molecular weight is 255 g/mol. The van der Waals surface area contributed by atoms with Crippen molar-refractivity contribution in [2.24, 2.45) is 0 Å². The minimum Gasteiger partial charge on any atom is -0.383 e. The monoisotopic (exact) mass is 255 g/mol. The number of hydrogen-bond acceptors (Lipinski definition) is 5. The van der Waals surface area contributed by atoms with Gasteiger partial charge in [-0.2, -0.15) is 0 Å². The molecule has 0 aromatic carbocycles. The lowest BCUT2D eigenvalue weighted by Crippen LogP contribution is -2.32. The number of nitrogens with one attached hydrogen (secondary N) is 1. The summed E-state index contributed by atoms with van der Waals surface area (Å²) in [5, 5.41) is 7.37. The van der Waals surface area contributed by atoms with Crippen molar-refractivity contribution in [2.75, 3.05) is 20.8 Å². The van der Waals surface area contributed by atoms with Crippen LogP contribution in [0.2, 0.25) is 0 Å². The van der Waals surface area contributed by atoms with Gasteiger partial charge in [0.25, 0.3) is 0 Å². The molecule has 0 spiro atoms. The Bertz CT molecular complexity index is 339. The van der Waals surface area contributed by atoms with Crippen LogP contribution in [0.5, 0.6) is 0 Å². The first kappa shape index (κ1) is 15.1. The van der Waals surface area contributed by atoms with Crippen molar-refractivity contribution < 1.29 is 9.26 Å². The lowest BCUT2D eigenvalue weighted by atomic mass is 10.3. The zero-order valence-corrected chi connectivity index (χ0v) is 12.1. The predicted octanol–water partition coefficient (Wildman–Crippen LogP) is 1.64. The number of aromatic nitrogens is 1. The summed E-state index contributed by atoms with van der Waals surface area (Å²) < 4.78 is 10.5. The molecule has 1 unspecified atom stereocenters. The fraction of sp³-hybridized carbons (Fsp3) is 0.769. The third-order valence-corrected chi connectivity index (χ3v) is 2.86. The van der Waals surface area contributed by atoms with Gasteiger partial charge in [-0.1, -0.05) is 19.0 Å². The number of likely N-dealkylation sites (N-methyl/N-ethyl adjacent to an activating group) is 1. The summed E-state index contributed by atoms with van der Waals surface area (Å²) in [6, 6.07) is 2.82. The van der Waals surface area contributed by atoms with E-state index in [1.54, 1.807) is 7.11 Å². The van der Waals surface area contributed by atoms with Crippen LogP contribution >= 0.6 is 0 Å². The minimum absolute atomic E-state index is 0.359. The molecule has 1 N–H and O–H groups in total. The van der Waals surface area contributed by atoms with Gasteiger partial charge < -0.3 is 14.6 Å². The van der Waals surface area contributed by atoms with E-state index in [0.717, 1.165) is 24.5 Å². The van der Waals surface area contributed by atoms with Crippen molar-refractivity contribution in [1.82, 2.24) is 15.4 Å². The van der Waals surface area contributed by atoms with Gasteiger partial charge in [0.05, 0.1) is 18.8 Å². The fourth-order valence-corrected chi connectivity index (χ4v) is 1.59. The summed E-state index contributed by atoms with van der Waals surface area (Å²) >= 11 is 0. The van der Waals surface area contributed by atoms with Crippen LogP contribution < -0.4 is 5.32 Å². The summed E-state index contributed by atoms with van der Waals surface area (Å²) in [5.41, 5.74) is 0.950. The average Bonchev–Trinajstić information content (AvgIpc) is 2.74. The first-order valence-electron chi connectivity index (χ1n) is 6.40. The maximum absolute atomic E-state index is 5.32. The molecule has 1 rings (SSSR count). The summed E-state index contributed by atoms with van der Waals surface area (Å²) in [7, 11) is 3.77. The van der Waals surface area contributed by atoms with Crippen molar-refractivity contribution in [2.45, 2.75) is 45.9 Å². The first-order valence-corrected chi connectivity index (χ1v) is 6.40. The van der Waals surface area contributed by atoms with Crippen LogP contribution in [0.3, 0.4) is 0 Å². The Morgan fingerprint density at radius 2 is 2.17 bits per heavy atom. The van der Waals surface area contributed by atoms with Gasteiger partial charge in [-0.15, -0.1) is 0 Å². The Morgan fingerprint density at radius 1 is 1.44 bits per heavy atom. The van der Waals surface area contributed by atoms with E-state index in [4.69, 9.17) is 9.26 Å². The molecule has 1 atom stereocenters. The SMILES string of the molecule is COCC(C)N(C)Cc1cc(CNC(C)C)no1. The second kappa shape index (κ2) is 7.51. The molecule has 0 amide bonds. The van der Waals surface area contributed by atoms with E-state index in [0.29, 0.717) is 18.7 Å². The van der Waals surface area contributed by atoms with E-state index < -0.39 is 0 Å². The standard InChI is InChI=1S/C13H25N3O2/c1-10(2)14-7-12-6-13(18-15-12)8-16(4)11(3)9-17-5/h6,10-11,14H,7-9H2,1-5H3. The number of rotatable bonds is 8. The predicted molar refractivity (Wildman–Crippen MR) is 71.3 cm³/mol. The zero-order chi connectivity index (χ0) is 13.5. The Balaban J connectivity index is 2.43. The molecular weight excluding hydrogens is 230 g/mol. The second-order valence-corrected chi connectivity index (χ2v) is 5.04. The molecule has 5 nitrogen and oxygen atoms in total. The van der Waals surface area contributed by atoms with Crippen LogP contribution in [0.25, 0.3) is 0 Å². The highest BCUT2D eigenvalue weighted by molar-refractivity contribution is 5.05. The molecule has 0 aliphatic heterocycles. The van der Waals surface area contributed by atoms with Crippen molar-refractivity contribution in [1.29, 1.82) is 0 Å². The maximum Gasteiger partial charge on any atom is 0.151 e. The quantitative estimate of drug-likeness (QED) is 0.765. The molecule has 18 heavy (non-hydrogen) atoms. The van der Waals surface area contributed by atoms with Crippen molar-refractivity contribution >= 4 is 0 Å². The topological polar surface area (TPSA) is 50.5 Å². The van der Waals surface area contributed by atoms with E-state index in [1.807, 2.05) is 6.07 Å². The molecule has 5 heteroatoms. The molecule has 0 saturated carbocycles. The van der Waals surface area contributed by atoms with Gasteiger partial charge in [0.15, 0.2) is 5.76 Å². The van der Waals surface area contributed by atoms with Crippen LogP contribution in [-0.2, 0) is 17.8 Å². The van der Waals surface area contributed by atoms with E-state index in [-0.39, 0.29) is 0 Å². The first-order chi connectivity index (χ1) is 8.52. The molecular formula is C13H25N3O2. The summed E-state index contributed by atoms with van der Waals surface area (Å²) in [6.45, 7) is 8.56. The third-order valence-electron chi connectivity index (χ3n) is 2.86. The van der Waals surface area contributed by atoms with Gasteiger partial charge in [-0.05, 0) is 14.0 Å². The normalized spacial score (nSPS) is 13.5. The Labute approximate surface area is 109 Å². The van der Waals surface area contributed by atoms with Gasteiger partial charge in [-0.25, -0.2) is 0 Å². The van der Waals surface area contributed by atoms with Crippen LogP contribution in [0, 0.1) is 0 Å². The number of methoxy groups -OCH3 is 1. The molecule has 0 bridgehead atoms. The van der Waals surface area contributed by atoms with Gasteiger partial charge in [0.2, 0.25) is 0 Å². The van der Waals surface area contributed by atoms with E-state index in [9.17, 15) is 0 Å². The molecule has 104 valence electrons. The number of hydrogen-bond donors (Lipinski definition) is 1.